The van der Waals surface area contributed by atoms with Crippen LogP contribution in [0.2, 0.25) is 0 Å². The molecule has 2 rings (SSSR count). The number of nitrogens with one attached hydrogen (secondary N) is 2. The van der Waals surface area contributed by atoms with Crippen molar-refractivity contribution in [1.82, 2.24) is 10.6 Å². The minimum absolute atomic E-state index is 0. The predicted molar refractivity (Wildman–Crippen MR) is 93.7 cm³/mol. The van der Waals surface area contributed by atoms with E-state index in [0.29, 0.717) is 18.8 Å². The Morgan fingerprint density at radius 3 is 2.48 bits per heavy atom. The Hall–Kier alpha value is -1.46. The van der Waals surface area contributed by atoms with Gasteiger partial charge in [0.25, 0.3) is 0 Å². The molecule has 1 saturated heterocycles. The topological polar surface area (TPSA) is 59.6 Å². The van der Waals surface area contributed by atoms with Crippen molar-refractivity contribution in [3.05, 3.63) is 23.8 Å². The molecule has 0 radical (unpaired) electrons. The van der Waals surface area contributed by atoms with Gasteiger partial charge in [0.05, 0.1) is 14.2 Å². The normalized spacial score (nSPS) is 20.3. The summed E-state index contributed by atoms with van der Waals surface area (Å²) < 4.78 is 10.5. The lowest BCUT2D eigenvalue weighted by atomic mass is 9.94. The highest BCUT2D eigenvalue weighted by molar-refractivity contribution is 5.85. The van der Waals surface area contributed by atoms with Crippen molar-refractivity contribution in [3.8, 4) is 11.5 Å². The standard InChI is InChI=1S/C17H26N2O3.ClH/c1-12-6-7-18-11-16(12)19-17(20)5-4-13-8-14(21-2)10-15(9-13)22-3;/h8-10,12,16,18H,4-7,11H2,1-3H3,(H,19,20);1H. The fraction of sp³-hybridized carbons (Fsp3) is 0.588. The van der Waals surface area contributed by atoms with Gasteiger partial charge in [-0.05, 0) is 43.0 Å². The molecule has 1 heterocycles. The molecule has 0 aromatic heterocycles. The van der Waals surface area contributed by atoms with Crippen molar-refractivity contribution >= 4 is 18.3 Å². The Morgan fingerprint density at radius 1 is 1.26 bits per heavy atom. The first-order chi connectivity index (χ1) is 10.6. The predicted octanol–water partition coefficient (Wildman–Crippen LogP) is 2.17. The van der Waals surface area contributed by atoms with Crippen LogP contribution < -0.4 is 20.1 Å². The first-order valence-electron chi connectivity index (χ1n) is 7.84. The van der Waals surface area contributed by atoms with Crippen molar-refractivity contribution in [2.45, 2.75) is 32.2 Å². The zero-order valence-corrected chi connectivity index (χ0v) is 14.9. The molecule has 1 aromatic rings. The zero-order chi connectivity index (χ0) is 15.9. The number of halogens is 1. The summed E-state index contributed by atoms with van der Waals surface area (Å²) in [5.74, 6) is 2.13. The van der Waals surface area contributed by atoms with Gasteiger partial charge in [-0.1, -0.05) is 6.92 Å². The number of benzene rings is 1. The second-order valence-corrected chi connectivity index (χ2v) is 5.87. The van der Waals surface area contributed by atoms with Gasteiger partial charge >= 0.3 is 0 Å². The molecule has 5 nitrogen and oxygen atoms in total. The lowest BCUT2D eigenvalue weighted by Crippen LogP contribution is -2.50. The molecule has 2 N–H and O–H groups in total. The van der Waals surface area contributed by atoms with Crippen LogP contribution in [0.15, 0.2) is 18.2 Å². The summed E-state index contributed by atoms with van der Waals surface area (Å²) >= 11 is 0. The van der Waals surface area contributed by atoms with Gasteiger partial charge in [-0.3, -0.25) is 4.79 Å². The van der Waals surface area contributed by atoms with Crippen LogP contribution in [-0.4, -0.2) is 39.3 Å². The molecule has 2 unspecified atom stereocenters. The molecule has 1 aromatic carbocycles. The second kappa shape index (κ2) is 9.63. The second-order valence-electron chi connectivity index (χ2n) is 5.87. The van der Waals surface area contributed by atoms with Crippen molar-refractivity contribution < 1.29 is 14.3 Å². The summed E-state index contributed by atoms with van der Waals surface area (Å²) in [6.07, 6.45) is 2.26. The molecule has 0 aliphatic carbocycles. The average Bonchev–Trinajstić information content (AvgIpc) is 2.54. The van der Waals surface area contributed by atoms with Crippen LogP contribution in [0.4, 0.5) is 0 Å². The lowest BCUT2D eigenvalue weighted by molar-refractivity contribution is -0.122. The van der Waals surface area contributed by atoms with E-state index in [-0.39, 0.29) is 24.4 Å². The first kappa shape index (κ1) is 19.6. The highest BCUT2D eigenvalue weighted by Crippen LogP contribution is 2.23. The summed E-state index contributed by atoms with van der Waals surface area (Å²) in [6, 6.07) is 5.96. The van der Waals surface area contributed by atoms with Crippen molar-refractivity contribution in [2.75, 3.05) is 27.3 Å². The molecule has 0 bridgehead atoms. The third kappa shape index (κ3) is 5.92. The highest BCUT2D eigenvalue weighted by atomic mass is 35.5. The number of hydrogen-bond acceptors (Lipinski definition) is 4. The molecular formula is C17H27ClN2O3. The van der Waals surface area contributed by atoms with Crippen LogP contribution in [0.25, 0.3) is 0 Å². The van der Waals surface area contributed by atoms with Crippen LogP contribution in [0.3, 0.4) is 0 Å². The van der Waals surface area contributed by atoms with E-state index >= 15 is 0 Å². The van der Waals surface area contributed by atoms with E-state index in [0.717, 1.165) is 36.6 Å². The smallest absolute Gasteiger partial charge is 0.220 e. The number of methoxy groups -OCH3 is 2. The van der Waals surface area contributed by atoms with Crippen LogP contribution in [0, 0.1) is 5.92 Å². The Morgan fingerprint density at radius 2 is 1.91 bits per heavy atom. The fourth-order valence-electron chi connectivity index (χ4n) is 2.73. The third-order valence-electron chi connectivity index (χ3n) is 4.23. The van der Waals surface area contributed by atoms with Gasteiger partial charge < -0.3 is 20.1 Å². The zero-order valence-electron chi connectivity index (χ0n) is 14.1. The van der Waals surface area contributed by atoms with Crippen molar-refractivity contribution in [3.63, 3.8) is 0 Å². The first-order valence-corrected chi connectivity index (χ1v) is 7.84. The van der Waals surface area contributed by atoms with E-state index < -0.39 is 0 Å². The minimum Gasteiger partial charge on any atom is -0.497 e. The van der Waals surface area contributed by atoms with E-state index in [9.17, 15) is 4.79 Å². The molecule has 1 aliphatic rings. The number of hydrogen-bond donors (Lipinski definition) is 2. The van der Waals surface area contributed by atoms with Gasteiger partial charge in [-0.15, -0.1) is 12.4 Å². The average molecular weight is 343 g/mol. The summed E-state index contributed by atoms with van der Waals surface area (Å²) in [5.41, 5.74) is 1.04. The van der Waals surface area contributed by atoms with Gasteiger partial charge in [-0.25, -0.2) is 0 Å². The van der Waals surface area contributed by atoms with Crippen molar-refractivity contribution in [1.29, 1.82) is 0 Å². The van der Waals surface area contributed by atoms with Crippen LogP contribution in [0.5, 0.6) is 11.5 Å². The molecule has 0 spiro atoms. The number of carbonyl (C=O) groups is 1. The maximum atomic E-state index is 12.1. The van der Waals surface area contributed by atoms with E-state index in [1.54, 1.807) is 14.2 Å². The third-order valence-corrected chi connectivity index (χ3v) is 4.23. The number of piperidine rings is 1. The van der Waals surface area contributed by atoms with E-state index in [4.69, 9.17) is 9.47 Å². The molecule has 2 atom stereocenters. The molecule has 23 heavy (non-hydrogen) atoms. The van der Waals surface area contributed by atoms with Crippen LogP contribution in [0.1, 0.15) is 25.3 Å². The molecule has 0 saturated carbocycles. The highest BCUT2D eigenvalue weighted by Gasteiger charge is 2.22. The van der Waals surface area contributed by atoms with Crippen molar-refractivity contribution in [2.24, 2.45) is 5.92 Å². The van der Waals surface area contributed by atoms with E-state index in [1.165, 1.54) is 0 Å². The van der Waals surface area contributed by atoms with Gasteiger partial charge in [0.15, 0.2) is 0 Å². The summed E-state index contributed by atoms with van der Waals surface area (Å²) in [6.45, 7) is 4.09. The SMILES string of the molecule is COc1cc(CCC(=O)NC2CNCCC2C)cc(OC)c1.Cl. The summed E-state index contributed by atoms with van der Waals surface area (Å²) in [5, 5.41) is 6.46. The minimum atomic E-state index is 0. The largest absolute Gasteiger partial charge is 0.497 e. The molecule has 130 valence electrons. The molecule has 1 fully saturated rings. The molecule has 1 amide bonds. The fourth-order valence-corrected chi connectivity index (χ4v) is 2.73. The number of rotatable bonds is 6. The monoisotopic (exact) mass is 342 g/mol. The summed E-state index contributed by atoms with van der Waals surface area (Å²) in [4.78, 5) is 12.1. The maximum Gasteiger partial charge on any atom is 0.220 e. The van der Waals surface area contributed by atoms with Crippen LogP contribution in [-0.2, 0) is 11.2 Å². The number of aryl methyl sites for hydroxylation is 1. The Labute approximate surface area is 144 Å². The Balaban J connectivity index is 0.00000264. The summed E-state index contributed by atoms with van der Waals surface area (Å²) in [7, 11) is 3.26. The van der Waals surface area contributed by atoms with E-state index in [2.05, 4.69) is 17.6 Å². The Kier molecular flexibility index (Phi) is 8.20. The lowest BCUT2D eigenvalue weighted by Gasteiger charge is -2.30. The van der Waals surface area contributed by atoms with Gasteiger partial charge in [0, 0.05) is 25.1 Å². The van der Waals surface area contributed by atoms with Crippen LogP contribution >= 0.6 is 12.4 Å². The van der Waals surface area contributed by atoms with E-state index in [1.807, 2.05) is 18.2 Å². The number of carbonyl (C=O) groups excluding carboxylic acids is 1. The number of ether oxygens (including phenoxy) is 2. The maximum absolute atomic E-state index is 12.1. The van der Waals surface area contributed by atoms with Gasteiger partial charge in [-0.2, -0.15) is 0 Å². The number of amides is 1. The molecule has 1 aliphatic heterocycles. The molecule has 6 heteroatoms. The quantitative estimate of drug-likeness (QED) is 0.832. The van der Waals surface area contributed by atoms with Gasteiger partial charge in [0.2, 0.25) is 5.91 Å². The Bertz CT molecular complexity index is 488. The van der Waals surface area contributed by atoms with Gasteiger partial charge in [0.1, 0.15) is 11.5 Å². The molecular weight excluding hydrogens is 316 g/mol.